The molecule has 0 spiro atoms. The Morgan fingerprint density at radius 1 is 1.13 bits per heavy atom. The van der Waals surface area contributed by atoms with Gasteiger partial charge in [-0.3, -0.25) is 0 Å². The van der Waals surface area contributed by atoms with E-state index >= 15 is 0 Å². The van der Waals surface area contributed by atoms with E-state index in [1.54, 1.807) is 17.7 Å². The molecule has 1 aliphatic rings. The molecular weight excluding hydrogens is 396 g/mol. The average Bonchev–Trinajstić information content (AvgIpc) is 3.42. The number of hydrogen-bond donors (Lipinski definition) is 1. The van der Waals surface area contributed by atoms with Gasteiger partial charge in [-0.2, -0.15) is 4.98 Å². The lowest BCUT2D eigenvalue weighted by molar-refractivity contribution is 0.326. The topological polar surface area (TPSA) is 94.0 Å². The Labute approximate surface area is 179 Å². The van der Waals surface area contributed by atoms with Crippen LogP contribution in [-0.2, 0) is 0 Å². The fourth-order valence-corrected chi connectivity index (χ4v) is 4.96. The molecule has 5 rings (SSSR count). The molecule has 30 heavy (non-hydrogen) atoms. The quantitative estimate of drug-likeness (QED) is 0.473. The van der Waals surface area contributed by atoms with Crippen molar-refractivity contribution in [1.29, 1.82) is 0 Å². The Morgan fingerprint density at radius 2 is 1.90 bits per heavy atom. The van der Waals surface area contributed by atoms with Gasteiger partial charge in [0.15, 0.2) is 5.82 Å². The Balaban J connectivity index is 1.37. The molecule has 7 nitrogen and oxygen atoms in total. The summed E-state index contributed by atoms with van der Waals surface area (Å²) in [5.74, 6) is 3.17. The van der Waals surface area contributed by atoms with Crippen molar-refractivity contribution in [3.05, 3.63) is 47.7 Å². The lowest BCUT2D eigenvalue weighted by Crippen LogP contribution is -2.33. The molecule has 0 saturated carbocycles. The van der Waals surface area contributed by atoms with Crippen molar-refractivity contribution in [1.82, 2.24) is 20.1 Å². The maximum atomic E-state index is 5.84. The highest BCUT2D eigenvalue weighted by molar-refractivity contribution is 7.18. The lowest BCUT2D eigenvalue weighted by Gasteiger charge is -2.31. The number of nitrogens with two attached hydrogens (primary N) is 1. The highest BCUT2D eigenvalue weighted by Gasteiger charge is 2.27. The second-order valence-corrected chi connectivity index (χ2v) is 8.93. The maximum absolute atomic E-state index is 5.84. The number of nitrogen functional groups attached to an aromatic ring is 1. The normalized spacial score (nSPS) is 15.4. The average molecular weight is 421 g/mol. The largest absolute Gasteiger partial charge is 0.399 e. The molecular formula is C22H24N6OS. The minimum atomic E-state index is 0.283. The molecule has 0 atom stereocenters. The van der Waals surface area contributed by atoms with Crippen LogP contribution in [0.15, 0.2) is 40.5 Å². The van der Waals surface area contributed by atoms with Crippen molar-refractivity contribution in [2.45, 2.75) is 38.5 Å². The number of benzene rings is 1. The van der Waals surface area contributed by atoms with Crippen LogP contribution in [-0.4, -0.2) is 33.2 Å². The number of rotatable bonds is 4. The zero-order chi connectivity index (χ0) is 20.7. The molecule has 0 unspecified atom stereocenters. The van der Waals surface area contributed by atoms with Gasteiger partial charge in [-0.25, -0.2) is 9.97 Å². The van der Waals surface area contributed by atoms with Crippen molar-refractivity contribution in [2.75, 3.05) is 23.7 Å². The summed E-state index contributed by atoms with van der Waals surface area (Å²) >= 11 is 1.70. The zero-order valence-corrected chi connectivity index (χ0v) is 17.9. The van der Waals surface area contributed by atoms with Crippen LogP contribution in [0.1, 0.15) is 50.2 Å². The van der Waals surface area contributed by atoms with Crippen LogP contribution in [0.25, 0.3) is 21.3 Å². The Hall–Kier alpha value is -3.00. The summed E-state index contributed by atoms with van der Waals surface area (Å²) in [6.45, 7) is 5.98. The smallest absolute Gasteiger partial charge is 0.229 e. The molecule has 2 N–H and O–H groups in total. The fraction of sp³-hybridized carbons (Fsp3) is 0.364. The Morgan fingerprint density at radius 3 is 2.60 bits per heavy atom. The molecule has 154 valence electrons. The number of thiophene rings is 1. The number of piperidine rings is 1. The van der Waals surface area contributed by atoms with Gasteiger partial charge >= 0.3 is 0 Å². The fourth-order valence-electron chi connectivity index (χ4n) is 3.92. The van der Waals surface area contributed by atoms with Crippen molar-refractivity contribution in [2.24, 2.45) is 0 Å². The van der Waals surface area contributed by atoms with Crippen molar-refractivity contribution < 1.29 is 4.52 Å². The molecule has 0 bridgehead atoms. The molecule has 0 amide bonds. The number of nitrogens with zero attached hydrogens (tertiary/aromatic N) is 5. The summed E-state index contributed by atoms with van der Waals surface area (Å²) in [6, 6.07) is 7.93. The molecule has 0 radical (unpaired) electrons. The molecule has 4 aromatic rings. The van der Waals surface area contributed by atoms with Crippen LogP contribution >= 0.6 is 11.3 Å². The van der Waals surface area contributed by atoms with Gasteiger partial charge in [0.05, 0.1) is 10.2 Å². The van der Waals surface area contributed by atoms with Gasteiger partial charge in [0.1, 0.15) is 12.1 Å². The number of fused-ring (bicyclic) bond motifs is 1. The van der Waals surface area contributed by atoms with E-state index in [4.69, 9.17) is 10.3 Å². The van der Waals surface area contributed by atoms with Crippen molar-refractivity contribution in [3.8, 4) is 11.1 Å². The van der Waals surface area contributed by atoms with E-state index in [0.29, 0.717) is 5.92 Å². The SMILES string of the molecule is CC(C)c1noc(C2CCN(c3ncnc4c(-c5ccc(N)cc5)csc34)CC2)n1. The van der Waals surface area contributed by atoms with Gasteiger partial charge in [-0.05, 0) is 30.5 Å². The minimum absolute atomic E-state index is 0.283. The summed E-state index contributed by atoms with van der Waals surface area (Å²) in [5, 5.41) is 6.28. The molecule has 1 saturated heterocycles. The van der Waals surface area contributed by atoms with E-state index in [9.17, 15) is 0 Å². The molecule has 8 heteroatoms. The predicted molar refractivity (Wildman–Crippen MR) is 120 cm³/mol. The van der Waals surface area contributed by atoms with Gasteiger partial charge in [-0.1, -0.05) is 31.1 Å². The van der Waals surface area contributed by atoms with E-state index in [1.165, 1.54) is 0 Å². The van der Waals surface area contributed by atoms with Crippen molar-refractivity contribution >= 4 is 33.1 Å². The standard InChI is InChI=1S/C22H24N6OS/c1-13(2)20-26-22(29-27-20)15-7-9-28(10-8-15)21-19-18(24-12-25-21)17(11-30-19)14-3-5-16(23)6-4-14/h3-6,11-13,15H,7-10,23H2,1-2H3. The first kappa shape index (κ1) is 19.0. The summed E-state index contributed by atoms with van der Waals surface area (Å²) in [4.78, 5) is 16.2. The van der Waals surface area contributed by atoms with Crippen LogP contribution in [0, 0.1) is 0 Å². The molecule has 0 aliphatic carbocycles. The van der Waals surface area contributed by atoms with Gasteiger partial charge in [0, 0.05) is 41.6 Å². The van der Waals surface area contributed by atoms with E-state index in [0.717, 1.165) is 70.5 Å². The first-order chi connectivity index (χ1) is 14.6. The summed E-state index contributed by atoms with van der Waals surface area (Å²) in [6.07, 6.45) is 3.62. The summed E-state index contributed by atoms with van der Waals surface area (Å²) < 4.78 is 6.65. The summed E-state index contributed by atoms with van der Waals surface area (Å²) in [7, 11) is 0. The first-order valence-electron chi connectivity index (χ1n) is 10.3. The Kier molecular flexibility index (Phi) is 4.86. The van der Waals surface area contributed by atoms with Crippen LogP contribution in [0.2, 0.25) is 0 Å². The maximum Gasteiger partial charge on any atom is 0.229 e. The van der Waals surface area contributed by atoms with E-state index < -0.39 is 0 Å². The van der Waals surface area contributed by atoms with Crippen LogP contribution in [0.3, 0.4) is 0 Å². The van der Waals surface area contributed by atoms with E-state index in [2.05, 4.69) is 44.2 Å². The Bertz CT molecular complexity index is 1160. The molecule has 1 fully saturated rings. The van der Waals surface area contributed by atoms with E-state index in [-0.39, 0.29) is 5.92 Å². The van der Waals surface area contributed by atoms with Gasteiger partial charge < -0.3 is 15.2 Å². The second-order valence-electron chi connectivity index (χ2n) is 8.05. The van der Waals surface area contributed by atoms with Crippen LogP contribution < -0.4 is 10.6 Å². The summed E-state index contributed by atoms with van der Waals surface area (Å²) in [5.41, 5.74) is 9.84. The van der Waals surface area contributed by atoms with E-state index in [1.807, 2.05) is 24.3 Å². The van der Waals surface area contributed by atoms with Crippen LogP contribution in [0.5, 0.6) is 0 Å². The highest BCUT2D eigenvalue weighted by atomic mass is 32.1. The van der Waals surface area contributed by atoms with Gasteiger partial charge in [0.25, 0.3) is 0 Å². The monoisotopic (exact) mass is 420 g/mol. The minimum Gasteiger partial charge on any atom is -0.399 e. The number of aromatic nitrogens is 4. The second kappa shape index (κ2) is 7.68. The highest BCUT2D eigenvalue weighted by Crippen LogP contribution is 2.38. The zero-order valence-electron chi connectivity index (χ0n) is 17.1. The van der Waals surface area contributed by atoms with Crippen LogP contribution in [0.4, 0.5) is 11.5 Å². The molecule has 4 heterocycles. The third kappa shape index (κ3) is 3.41. The lowest BCUT2D eigenvalue weighted by atomic mass is 9.96. The third-order valence-electron chi connectivity index (χ3n) is 5.67. The van der Waals surface area contributed by atoms with Crippen molar-refractivity contribution in [3.63, 3.8) is 0 Å². The number of anilines is 2. The third-order valence-corrected chi connectivity index (χ3v) is 6.64. The molecule has 3 aromatic heterocycles. The first-order valence-corrected chi connectivity index (χ1v) is 11.1. The predicted octanol–water partition coefficient (Wildman–Crippen LogP) is 4.83. The molecule has 1 aromatic carbocycles. The number of hydrogen-bond acceptors (Lipinski definition) is 8. The molecule has 1 aliphatic heterocycles. The van der Waals surface area contributed by atoms with Gasteiger partial charge in [0.2, 0.25) is 5.89 Å². The van der Waals surface area contributed by atoms with Gasteiger partial charge in [-0.15, -0.1) is 11.3 Å².